The lowest BCUT2D eigenvalue weighted by atomic mass is 9.53. The van der Waals surface area contributed by atoms with Gasteiger partial charge in [0.15, 0.2) is 0 Å². The van der Waals surface area contributed by atoms with Crippen molar-refractivity contribution in [2.24, 2.45) is 23.5 Å². The van der Waals surface area contributed by atoms with Crippen LogP contribution in [0, 0.1) is 17.8 Å². The Kier molecular flexibility index (Phi) is 5.80. The molecular formula is C20H36N4O2. The lowest BCUT2D eigenvalue weighted by molar-refractivity contribution is -0.121. The number of hydrogen-bond acceptors (Lipinski definition) is 3. The molecule has 4 saturated carbocycles. The minimum absolute atomic E-state index is 0.0164. The summed E-state index contributed by atoms with van der Waals surface area (Å²) in [4.78, 5) is 24.3. The molecule has 4 rings (SSSR count). The molecule has 6 nitrogen and oxygen atoms in total. The van der Waals surface area contributed by atoms with Gasteiger partial charge in [-0.15, -0.1) is 0 Å². The van der Waals surface area contributed by atoms with Crippen molar-refractivity contribution in [3.8, 4) is 0 Å². The highest BCUT2D eigenvalue weighted by Gasteiger charge is 2.51. The normalized spacial score (nSPS) is 32.3. The first-order chi connectivity index (χ1) is 12.4. The zero-order chi connectivity index (χ0) is 18.8. The SMILES string of the molecule is CCC(N)(CC)CNC(=O)CCNC(=O)NC12CC3CC(CC(C3)C1)C2. The van der Waals surface area contributed by atoms with E-state index >= 15 is 0 Å². The summed E-state index contributed by atoms with van der Waals surface area (Å²) in [7, 11) is 0. The van der Waals surface area contributed by atoms with Crippen molar-refractivity contribution in [3.63, 3.8) is 0 Å². The molecule has 0 spiro atoms. The number of nitrogens with two attached hydrogens (primary N) is 1. The van der Waals surface area contributed by atoms with Crippen LogP contribution in [0.4, 0.5) is 4.79 Å². The van der Waals surface area contributed by atoms with Crippen LogP contribution < -0.4 is 21.7 Å². The highest BCUT2D eigenvalue weighted by Crippen LogP contribution is 2.55. The number of rotatable bonds is 8. The van der Waals surface area contributed by atoms with E-state index in [4.69, 9.17) is 5.73 Å². The van der Waals surface area contributed by atoms with Crippen molar-refractivity contribution >= 4 is 11.9 Å². The fourth-order valence-electron chi connectivity index (χ4n) is 5.70. The number of nitrogens with one attached hydrogen (secondary N) is 3. The molecule has 0 aliphatic heterocycles. The molecule has 0 unspecified atom stereocenters. The Balaban J connectivity index is 1.36. The minimum atomic E-state index is -0.334. The molecule has 0 saturated heterocycles. The maximum absolute atomic E-state index is 12.3. The fraction of sp³-hybridized carbons (Fsp3) is 0.900. The summed E-state index contributed by atoms with van der Waals surface area (Å²) in [5.74, 6) is 2.36. The van der Waals surface area contributed by atoms with E-state index in [0.717, 1.165) is 49.9 Å². The van der Waals surface area contributed by atoms with E-state index in [9.17, 15) is 9.59 Å². The number of amides is 3. The van der Waals surface area contributed by atoms with Gasteiger partial charge in [0.05, 0.1) is 0 Å². The Morgan fingerprint density at radius 3 is 2.04 bits per heavy atom. The Morgan fingerprint density at radius 1 is 1.00 bits per heavy atom. The van der Waals surface area contributed by atoms with Crippen molar-refractivity contribution in [2.45, 2.75) is 82.7 Å². The summed E-state index contributed by atoms with van der Waals surface area (Å²) in [6, 6.07) is -0.116. The number of carbonyl (C=O) groups excluding carboxylic acids is 2. The van der Waals surface area contributed by atoms with E-state index in [0.29, 0.717) is 13.1 Å². The van der Waals surface area contributed by atoms with Crippen LogP contribution in [0.15, 0.2) is 0 Å². The lowest BCUT2D eigenvalue weighted by Gasteiger charge is -2.56. The van der Waals surface area contributed by atoms with Gasteiger partial charge in [0.2, 0.25) is 5.91 Å². The van der Waals surface area contributed by atoms with E-state index in [2.05, 4.69) is 16.0 Å². The molecule has 0 radical (unpaired) electrons. The van der Waals surface area contributed by atoms with Crippen LogP contribution >= 0.6 is 0 Å². The minimum Gasteiger partial charge on any atom is -0.354 e. The van der Waals surface area contributed by atoms with Crippen molar-refractivity contribution in [1.82, 2.24) is 16.0 Å². The molecule has 0 aromatic heterocycles. The predicted octanol–water partition coefficient (Wildman–Crippen LogP) is 2.28. The summed E-state index contributed by atoms with van der Waals surface area (Å²) in [5, 5.41) is 9.03. The predicted molar refractivity (Wildman–Crippen MR) is 103 cm³/mol. The topological polar surface area (TPSA) is 96.2 Å². The van der Waals surface area contributed by atoms with Gasteiger partial charge in [-0.1, -0.05) is 13.8 Å². The molecule has 0 atom stereocenters. The second kappa shape index (κ2) is 7.75. The van der Waals surface area contributed by atoms with Gasteiger partial charge in [-0.25, -0.2) is 4.79 Å². The molecule has 0 aromatic rings. The van der Waals surface area contributed by atoms with Crippen molar-refractivity contribution in [1.29, 1.82) is 0 Å². The van der Waals surface area contributed by atoms with Gasteiger partial charge in [0.25, 0.3) is 0 Å². The Morgan fingerprint density at radius 2 is 1.54 bits per heavy atom. The molecule has 0 aromatic carbocycles. The monoisotopic (exact) mass is 364 g/mol. The molecule has 3 amide bonds. The molecule has 4 aliphatic carbocycles. The standard InChI is InChI=1S/C20H36N4O2/c1-3-19(21,4-2)13-23-17(25)5-6-22-18(26)24-20-10-14-7-15(11-20)9-16(8-14)12-20/h14-16H,3-13,21H2,1-2H3,(H,23,25)(H2,22,24,26). The van der Waals surface area contributed by atoms with E-state index < -0.39 is 0 Å². The summed E-state index contributed by atoms with van der Waals surface area (Å²) >= 11 is 0. The van der Waals surface area contributed by atoms with Gasteiger partial charge in [0.1, 0.15) is 0 Å². The first kappa shape index (κ1) is 19.5. The molecule has 26 heavy (non-hydrogen) atoms. The van der Waals surface area contributed by atoms with Crippen LogP contribution in [0.3, 0.4) is 0 Å². The average Bonchev–Trinajstić information content (AvgIpc) is 2.58. The first-order valence-corrected chi connectivity index (χ1v) is 10.5. The fourth-order valence-corrected chi connectivity index (χ4v) is 5.70. The van der Waals surface area contributed by atoms with Crippen LogP contribution in [0.1, 0.15) is 71.6 Å². The van der Waals surface area contributed by atoms with E-state index in [1.165, 1.54) is 19.3 Å². The van der Waals surface area contributed by atoms with Crippen molar-refractivity contribution in [3.05, 3.63) is 0 Å². The van der Waals surface area contributed by atoms with Gasteiger partial charge < -0.3 is 21.7 Å². The Bertz CT molecular complexity index is 495. The summed E-state index contributed by atoms with van der Waals surface area (Å²) in [6.45, 7) is 4.91. The van der Waals surface area contributed by atoms with Crippen LogP contribution in [0.5, 0.6) is 0 Å². The van der Waals surface area contributed by atoms with Crippen LogP contribution in [-0.4, -0.2) is 36.1 Å². The second-order valence-electron chi connectivity index (χ2n) is 9.17. The molecule has 148 valence electrons. The zero-order valence-electron chi connectivity index (χ0n) is 16.4. The zero-order valence-corrected chi connectivity index (χ0v) is 16.4. The first-order valence-electron chi connectivity index (χ1n) is 10.5. The highest BCUT2D eigenvalue weighted by atomic mass is 16.2. The third kappa shape index (κ3) is 4.51. The Labute approximate surface area is 157 Å². The number of hydrogen-bond donors (Lipinski definition) is 4. The summed E-state index contributed by atoms with van der Waals surface area (Å²) in [6.07, 6.45) is 9.45. The lowest BCUT2D eigenvalue weighted by Crippen LogP contribution is -2.61. The van der Waals surface area contributed by atoms with Gasteiger partial charge in [-0.3, -0.25) is 4.79 Å². The maximum Gasteiger partial charge on any atom is 0.315 e. The average molecular weight is 365 g/mol. The summed E-state index contributed by atoms with van der Waals surface area (Å²) < 4.78 is 0. The third-order valence-corrected chi connectivity index (χ3v) is 7.10. The molecule has 4 bridgehead atoms. The van der Waals surface area contributed by atoms with Gasteiger partial charge in [0, 0.05) is 30.6 Å². The number of urea groups is 1. The quantitative estimate of drug-likeness (QED) is 0.532. The molecule has 6 heteroatoms. The molecule has 5 N–H and O–H groups in total. The van der Waals surface area contributed by atoms with Crippen LogP contribution in [0.25, 0.3) is 0 Å². The smallest absolute Gasteiger partial charge is 0.315 e. The molecular weight excluding hydrogens is 328 g/mol. The Hall–Kier alpha value is -1.30. The van der Waals surface area contributed by atoms with E-state index in [1.807, 2.05) is 13.8 Å². The molecule has 0 heterocycles. The largest absolute Gasteiger partial charge is 0.354 e. The van der Waals surface area contributed by atoms with E-state index in [1.54, 1.807) is 0 Å². The van der Waals surface area contributed by atoms with E-state index in [-0.39, 0.29) is 29.4 Å². The third-order valence-electron chi connectivity index (χ3n) is 7.10. The van der Waals surface area contributed by atoms with Gasteiger partial charge in [-0.05, 0) is 69.1 Å². The molecule has 4 fully saturated rings. The van der Waals surface area contributed by atoms with Gasteiger partial charge >= 0.3 is 6.03 Å². The highest BCUT2D eigenvalue weighted by molar-refractivity contribution is 5.78. The second-order valence-corrected chi connectivity index (χ2v) is 9.17. The van der Waals surface area contributed by atoms with Crippen LogP contribution in [0.2, 0.25) is 0 Å². The maximum atomic E-state index is 12.3. The molecule has 4 aliphatic rings. The van der Waals surface area contributed by atoms with Crippen molar-refractivity contribution in [2.75, 3.05) is 13.1 Å². The van der Waals surface area contributed by atoms with Crippen LogP contribution in [-0.2, 0) is 4.79 Å². The number of carbonyl (C=O) groups is 2. The van der Waals surface area contributed by atoms with Gasteiger partial charge in [-0.2, -0.15) is 0 Å². The summed E-state index contributed by atoms with van der Waals surface area (Å²) in [5.41, 5.74) is 5.87. The van der Waals surface area contributed by atoms with Crippen molar-refractivity contribution < 1.29 is 9.59 Å².